The number of nitrogens with zero attached hydrogens (tertiary/aromatic N) is 3. The summed E-state index contributed by atoms with van der Waals surface area (Å²) in [5.74, 6) is 1.73. The molecule has 49 heavy (non-hydrogen) atoms. The molecule has 0 fully saturated rings. The lowest BCUT2D eigenvalue weighted by Gasteiger charge is -2.29. The van der Waals surface area contributed by atoms with Crippen molar-refractivity contribution in [2.75, 3.05) is 17.2 Å². The van der Waals surface area contributed by atoms with E-state index in [1.54, 1.807) is 22.9 Å². The van der Waals surface area contributed by atoms with E-state index in [1.165, 1.54) is 11.8 Å². The van der Waals surface area contributed by atoms with Crippen molar-refractivity contribution >= 4 is 80.0 Å². The van der Waals surface area contributed by atoms with Gasteiger partial charge in [0.2, 0.25) is 11.1 Å². The number of halogens is 4. The van der Waals surface area contributed by atoms with Crippen molar-refractivity contribution in [1.29, 1.82) is 0 Å². The number of anilines is 2. The first kappa shape index (κ1) is 35.2. The van der Waals surface area contributed by atoms with Gasteiger partial charge in [0.25, 0.3) is 5.91 Å². The van der Waals surface area contributed by atoms with Crippen LogP contribution >= 0.6 is 62.5 Å². The normalized spacial score (nSPS) is 13.9. The predicted octanol–water partition coefficient (Wildman–Crippen LogP) is 10.5. The summed E-state index contributed by atoms with van der Waals surface area (Å²) in [4.78, 5) is 18.9. The first-order valence-corrected chi connectivity index (χ1v) is 18.2. The molecule has 0 spiro atoms. The molecule has 1 atom stereocenters. The SMILES string of the molecule is CCOc1cc(C2C(C(=O)Nc3cccc(C)c3)=C(C)Nc3nc(SCc4ccccc4Cl)nn32)cc(Br)c1OCc1c(Cl)cccc1Cl. The molecule has 1 unspecified atom stereocenters. The number of carbonyl (C=O) groups excluding carboxylic acids is 1. The lowest BCUT2D eigenvalue weighted by molar-refractivity contribution is -0.113. The summed E-state index contributed by atoms with van der Waals surface area (Å²) in [5, 5.41) is 13.5. The zero-order valence-corrected chi connectivity index (χ0v) is 31.4. The molecule has 0 saturated carbocycles. The van der Waals surface area contributed by atoms with Gasteiger partial charge in [0, 0.05) is 37.8 Å². The molecule has 0 radical (unpaired) electrons. The first-order valence-electron chi connectivity index (χ1n) is 15.3. The van der Waals surface area contributed by atoms with Gasteiger partial charge < -0.3 is 20.1 Å². The molecule has 252 valence electrons. The standard InChI is InChI=1S/C36H31BrCl3N5O3S/c1-4-47-30-17-23(16-26(37)33(30)48-18-25-28(39)13-8-14-29(25)40)32-31(34(46)42-24-11-7-9-20(2)15-24)21(3)41-35-43-36(44-45(32)35)49-19-22-10-5-6-12-27(22)38/h5-17,32H,4,18-19H2,1-3H3,(H,42,46)(H,41,43,44). The molecular weight excluding hydrogens is 769 g/mol. The number of rotatable bonds is 11. The van der Waals surface area contributed by atoms with E-state index >= 15 is 0 Å². The third kappa shape index (κ3) is 7.89. The van der Waals surface area contributed by atoms with Gasteiger partial charge in [-0.15, -0.1) is 5.10 Å². The Balaban J connectivity index is 1.40. The Bertz CT molecular complexity index is 2050. The van der Waals surface area contributed by atoms with Crippen LogP contribution in [0.2, 0.25) is 15.1 Å². The largest absolute Gasteiger partial charge is 0.490 e. The summed E-state index contributed by atoms with van der Waals surface area (Å²) in [6.45, 7) is 6.22. The highest BCUT2D eigenvalue weighted by molar-refractivity contribution is 9.10. The Morgan fingerprint density at radius 2 is 1.71 bits per heavy atom. The lowest BCUT2D eigenvalue weighted by atomic mass is 9.94. The number of ether oxygens (including phenoxy) is 2. The minimum absolute atomic E-state index is 0.117. The van der Waals surface area contributed by atoms with Gasteiger partial charge in [-0.05, 0) is 95.9 Å². The van der Waals surface area contributed by atoms with Gasteiger partial charge in [0.15, 0.2) is 11.5 Å². The summed E-state index contributed by atoms with van der Waals surface area (Å²) in [5.41, 5.74) is 5.17. The van der Waals surface area contributed by atoms with Gasteiger partial charge in [0.1, 0.15) is 12.6 Å². The quantitative estimate of drug-likeness (QED) is 0.129. The van der Waals surface area contributed by atoms with Gasteiger partial charge >= 0.3 is 0 Å². The number of aryl methyl sites for hydroxylation is 1. The van der Waals surface area contributed by atoms with Crippen LogP contribution in [0.1, 0.15) is 42.1 Å². The summed E-state index contributed by atoms with van der Waals surface area (Å²) in [6.07, 6.45) is 0. The first-order chi connectivity index (χ1) is 23.6. The van der Waals surface area contributed by atoms with Gasteiger partial charge in [-0.1, -0.05) is 83.0 Å². The maximum Gasteiger partial charge on any atom is 0.255 e. The summed E-state index contributed by atoms with van der Waals surface area (Å²) in [7, 11) is 0. The van der Waals surface area contributed by atoms with E-state index in [0.717, 1.165) is 16.7 Å². The van der Waals surface area contributed by atoms with E-state index in [2.05, 4.69) is 26.6 Å². The van der Waals surface area contributed by atoms with Crippen LogP contribution in [0, 0.1) is 6.92 Å². The van der Waals surface area contributed by atoms with Crippen LogP contribution in [0.15, 0.2) is 99.8 Å². The van der Waals surface area contributed by atoms with E-state index in [9.17, 15) is 4.79 Å². The third-order valence-electron chi connectivity index (χ3n) is 7.74. The molecule has 2 heterocycles. The number of hydrogen-bond donors (Lipinski definition) is 2. The van der Waals surface area contributed by atoms with Crippen LogP contribution in [0.3, 0.4) is 0 Å². The summed E-state index contributed by atoms with van der Waals surface area (Å²) < 4.78 is 14.7. The van der Waals surface area contributed by atoms with Crippen molar-refractivity contribution in [3.05, 3.63) is 132 Å². The van der Waals surface area contributed by atoms with Crippen LogP contribution in [0.4, 0.5) is 11.6 Å². The number of thioether (sulfide) groups is 1. The summed E-state index contributed by atoms with van der Waals surface area (Å²) in [6, 6.07) is 23.7. The van der Waals surface area contributed by atoms with E-state index in [0.29, 0.717) is 77.0 Å². The number of nitrogens with one attached hydrogen (secondary N) is 2. The van der Waals surface area contributed by atoms with Crippen LogP contribution in [0.25, 0.3) is 0 Å². The minimum atomic E-state index is -0.675. The van der Waals surface area contributed by atoms with Crippen molar-refractivity contribution < 1.29 is 14.3 Å². The monoisotopic (exact) mass is 797 g/mol. The second-order valence-corrected chi connectivity index (χ2v) is 14.2. The fourth-order valence-electron chi connectivity index (χ4n) is 5.44. The Morgan fingerprint density at radius 1 is 0.980 bits per heavy atom. The molecule has 1 aliphatic rings. The second kappa shape index (κ2) is 15.5. The molecule has 1 amide bonds. The zero-order valence-electron chi connectivity index (χ0n) is 26.7. The number of carbonyl (C=O) groups is 1. The van der Waals surface area contributed by atoms with Crippen molar-refractivity contribution in [3.8, 4) is 11.5 Å². The third-order valence-corrected chi connectivity index (χ3v) is 10.3. The number of fused-ring (bicyclic) bond motifs is 1. The molecule has 0 aliphatic carbocycles. The average molecular weight is 800 g/mol. The smallest absolute Gasteiger partial charge is 0.255 e. The number of hydrogen-bond acceptors (Lipinski definition) is 7. The van der Waals surface area contributed by atoms with Gasteiger partial charge in [-0.3, -0.25) is 4.79 Å². The van der Waals surface area contributed by atoms with Gasteiger partial charge in [-0.2, -0.15) is 4.98 Å². The predicted molar refractivity (Wildman–Crippen MR) is 201 cm³/mol. The molecule has 6 rings (SSSR count). The van der Waals surface area contributed by atoms with Crippen LogP contribution in [-0.4, -0.2) is 27.3 Å². The van der Waals surface area contributed by atoms with Crippen LogP contribution < -0.4 is 20.1 Å². The Morgan fingerprint density at radius 3 is 2.45 bits per heavy atom. The summed E-state index contributed by atoms with van der Waals surface area (Å²) >= 11 is 24.4. The van der Waals surface area contributed by atoms with Crippen molar-refractivity contribution in [2.24, 2.45) is 0 Å². The molecule has 2 N–H and O–H groups in total. The fourth-order valence-corrected chi connectivity index (χ4v) is 7.63. The zero-order chi connectivity index (χ0) is 34.7. The number of aromatic nitrogens is 3. The molecule has 5 aromatic rings. The molecule has 8 nitrogen and oxygen atoms in total. The number of benzene rings is 4. The molecule has 0 saturated heterocycles. The molecule has 1 aromatic heterocycles. The van der Waals surface area contributed by atoms with E-state index in [4.69, 9.17) is 54.4 Å². The molecular formula is C36H31BrCl3N5O3S. The van der Waals surface area contributed by atoms with Crippen molar-refractivity contribution in [2.45, 2.75) is 44.3 Å². The molecule has 4 aromatic carbocycles. The Hall–Kier alpha value is -3.67. The van der Waals surface area contributed by atoms with E-state index < -0.39 is 6.04 Å². The molecule has 0 bridgehead atoms. The number of amides is 1. The van der Waals surface area contributed by atoms with E-state index in [-0.39, 0.29) is 12.5 Å². The average Bonchev–Trinajstić information content (AvgIpc) is 3.46. The molecule has 1 aliphatic heterocycles. The molecule has 13 heteroatoms. The Labute approximate surface area is 312 Å². The number of allylic oxidation sites excluding steroid dienone is 1. The van der Waals surface area contributed by atoms with Crippen molar-refractivity contribution in [1.82, 2.24) is 14.8 Å². The van der Waals surface area contributed by atoms with Crippen LogP contribution in [-0.2, 0) is 17.2 Å². The highest BCUT2D eigenvalue weighted by atomic mass is 79.9. The van der Waals surface area contributed by atoms with Crippen molar-refractivity contribution in [3.63, 3.8) is 0 Å². The van der Waals surface area contributed by atoms with E-state index in [1.807, 2.05) is 81.4 Å². The van der Waals surface area contributed by atoms with Gasteiger partial charge in [-0.25, -0.2) is 4.68 Å². The maximum atomic E-state index is 14.1. The maximum absolute atomic E-state index is 14.1. The lowest BCUT2D eigenvalue weighted by Crippen LogP contribution is -2.31. The highest BCUT2D eigenvalue weighted by Gasteiger charge is 2.35. The minimum Gasteiger partial charge on any atom is -0.490 e. The van der Waals surface area contributed by atoms with Crippen LogP contribution in [0.5, 0.6) is 11.5 Å². The topological polar surface area (TPSA) is 90.3 Å². The Kier molecular flexibility index (Phi) is 11.1. The van der Waals surface area contributed by atoms with Gasteiger partial charge in [0.05, 0.1) is 16.7 Å². The fraction of sp³-hybridized carbons (Fsp3) is 0.194. The highest BCUT2D eigenvalue weighted by Crippen LogP contribution is 2.44. The second-order valence-electron chi connectivity index (χ2n) is 11.2.